The summed E-state index contributed by atoms with van der Waals surface area (Å²) in [6.07, 6.45) is 1.31. The lowest BCUT2D eigenvalue weighted by molar-refractivity contribution is -0.121. The van der Waals surface area contributed by atoms with Gasteiger partial charge in [0, 0.05) is 38.3 Å². The van der Waals surface area contributed by atoms with Gasteiger partial charge in [-0.15, -0.1) is 0 Å². The minimum absolute atomic E-state index is 0.0650. The van der Waals surface area contributed by atoms with Crippen LogP contribution >= 0.6 is 0 Å². The molecule has 0 saturated carbocycles. The van der Waals surface area contributed by atoms with Gasteiger partial charge in [0.15, 0.2) is 0 Å². The number of carbonyl (C=O) groups is 2. The van der Waals surface area contributed by atoms with Crippen molar-refractivity contribution >= 4 is 22.8 Å². The molecule has 0 saturated heterocycles. The lowest BCUT2D eigenvalue weighted by atomic mass is 10.1. The molecule has 164 valence electrons. The van der Waals surface area contributed by atoms with E-state index >= 15 is 0 Å². The normalized spacial score (nSPS) is 10.9. The fraction of sp³-hybridized carbons (Fsp3) is 0.375. The SMILES string of the molecule is CCOCCCNC(=O)Cn1c(CCNC(=O)c2ccccc2C)nc2ccccc21. The van der Waals surface area contributed by atoms with Crippen LogP contribution in [-0.4, -0.2) is 47.7 Å². The predicted octanol–water partition coefficient (Wildman–Crippen LogP) is 2.86. The molecule has 31 heavy (non-hydrogen) atoms. The van der Waals surface area contributed by atoms with E-state index in [0.29, 0.717) is 38.3 Å². The van der Waals surface area contributed by atoms with Crippen molar-refractivity contribution in [3.05, 3.63) is 65.5 Å². The van der Waals surface area contributed by atoms with Crippen molar-refractivity contribution < 1.29 is 14.3 Å². The fourth-order valence-corrected chi connectivity index (χ4v) is 3.45. The summed E-state index contributed by atoms with van der Waals surface area (Å²) < 4.78 is 7.22. The van der Waals surface area contributed by atoms with Crippen molar-refractivity contribution in [2.24, 2.45) is 0 Å². The molecule has 0 spiro atoms. The molecule has 3 aromatic rings. The third kappa shape index (κ3) is 6.15. The zero-order valence-corrected chi connectivity index (χ0v) is 18.2. The van der Waals surface area contributed by atoms with Gasteiger partial charge in [0.2, 0.25) is 5.91 Å². The van der Waals surface area contributed by atoms with E-state index in [1.54, 1.807) is 0 Å². The molecule has 0 aliphatic carbocycles. The van der Waals surface area contributed by atoms with Crippen molar-refractivity contribution in [3.8, 4) is 0 Å². The highest BCUT2D eigenvalue weighted by Crippen LogP contribution is 2.16. The Kier molecular flexibility index (Phi) is 8.18. The van der Waals surface area contributed by atoms with Gasteiger partial charge in [-0.25, -0.2) is 4.98 Å². The van der Waals surface area contributed by atoms with Crippen LogP contribution in [0, 0.1) is 6.92 Å². The number of benzene rings is 2. The van der Waals surface area contributed by atoms with E-state index in [-0.39, 0.29) is 18.4 Å². The third-order valence-electron chi connectivity index (χ3n) is 5.05. The number of imidazole rings is 1. The average molecular weight is 423 g/mol. The second kappa shape index (κ2) is 11.3. The minimum atomic E-state index is -0.104. The monoisotopic (exact) mass is 422 g/mol. The molecule has 0 atom stereocenters. The van der Waals surface area contributed by atoms with Gasteiger partial charge in [0.05, 0.1) is 11.0 Å². The van der Waals surface area contributed by atoms with Crippen LogP contribution in [-0.2, 0) is 22.5 Å². The number of nitrogens with zero attached hydrogens (tertiary/aromatic N) is 2. The van der Waals surface area contributed by atoms with Crippen molar-refractivity contribution in [2.45, 2.75) is 33.2 Å². The first-order valence-electron chi connectivity index (χ1n) is 10.7. The Balaban J connectivity index is 1.63. The van der Waals surface area contributed by atoms with Gasteiger partial charge >= 0.3 is 0 Å². The van der Waals surface area contributed by atoms with Crippen LogP contribution in [0.2, 0.25) is 0 Å². The Bertz CT molecular complexity index is 1030. The molecule has 7 heteroatoms. The Morgan fingerprint density at radius 2 is 1.81 bits per heavy atom. The molecule has 0 radical (unpaired) electrons. The lowest BCUT2D eigenvalue weighted by Crippen LogP contribution is -2.30. The molecular formula is C24H30N4O3. The van der Waals surface area contributed by atoms with Crippen LogP contribution in [0.15, 0.2) is 48.5 Å². The first-order chi connectivity index (χ1) is 15.1. The summed E-state index contributed by atoms with van der Waals surface area (Å²) >= 11 is 0. The van der Waals surface area contributed by atoms with Gasteiger partial charge in [-0.2, -0.15) is 0 Å². The molecule has 0 aliphatic heterocycles. The van der Waals surface area contributed by atoms with Crippen LogP contribution in [0.3, 0.4) is 0 Å². The topological polar surface area (TPSA) is 85.2 Å². The Morgan fingerprint density at radius 3 is 2.61 bits per heavy atom. The second-order valence-corrected chi connectivity index (χ2v) is 7.32. The Labute approximate surface area is 182 Å². The van der Waals surface area contributed by atoms with Crippen LogP contribution in [0.5, 0.6) is 0 Å². The number of aryl methyl sites for hydroxylation is 1. The number of carbonyl (C=O) groups excluding carboxylic acids is 2. The largest absolute Gasteiger partial charge is 0.382 e. The van der Waals surface area contributed by atoms with Gasteiger partial charge in [0.1, 0.15) is 12.4 Å². The zero-order valence-electron chi connectivity index (χ0n) is 18.2. The van der Waals surface area contributed by atoms with Gasteiger partial charge in [-0.3, -0.25) is 9.59 Å². The maximum atomic E-state index is 12.5. The Morgan fingerprint density at radius 1 is 1.03 bits per heavy atom. The number of hydrogen-bond acceptors (Lipinski definition) is 4. The average Bonchev–Trinajstić information content (AvgIpc) is 3.11. The van der Waals surface area contributed by atoms with E-state index in [1.807, 2.05) is 66.9 Å². The summed E-state index contributed by atoms with van der Waals surface area (Å²) in [5.41, 5.74) is 3.36. The number of ether oxygens (including phenoxy) is 1. The highest BCUT2D eigenvalue weighted by Gasteiger charge is 2.14. The number of hydrogen-bond donors (Lipinski definition) is 2. The van der Waals surface area contributed by atoms with E-state index in [9.17, 15) is 9.59 Å². The number of para-hydroxylation sites is 2. The van der Waals surface area contributed by atoms with E-state index in [1.165, 1.54) is 0 Å². The van der Waals surface area contributed by atoms with E-state index in [4.69, 9.17) is 4.74 Å². The van der Waals surface area contributed by atoms with E-state index in [2.05, 4.69) is 15.6 Å². The summed E-state index contributed by atoms with van der Waals surface area (Å²) in [4.78, 5) is 29.6. The number of amides is 2. The molecule has 1 heterocycles. The van der Waals surface area contributed by atoms with Crippen molar-refractivity contribution in [1.82, 2.24) is 20.2 Å². The second-order valence-electron chi connectivity index (χ2n) is 7.32. The quantitative estimate of drug-likeness (QED) is 0.466. The highest BCUT2D eigenvalue weighted by atomic mass is 16.5. The maximum Gasteiger partial charge on any atom is 0.251 e. The van der Waals surface area contributed by atoms with Crippen molar-refractivity contribution in [2.75, 3.05) is 26.3 Å². The summed E-state index contributed by atoms with van der Waals surface area (Å²) in [5.74, 6) is 0.605. The van der Waals surface area contributed by atoms with E-state index in [0.717, 1.165) is 28.8 Å². The smallest absolute Gasteiger partial charge is 0.251 e. The molecule has 0 aliphatic rings. The molecule has 0 fully saturated rings. The standard InChI is InChI=1S/C24H30N4O3/c1-3-31-16-8-14-25-23(29)17-28-21-12-7-6-11-20(21)27-22(28)13-15-26-24(30)19-10-5-4-9-18(19)2/h4-7,9-12H,3,8,13-17H2,1-2H3,(H,25,29)(H,26,30). The number of nitrogens with one attached hydrogen (secondary N) is 2. The van der Waals surface area contributed by atoms with Crippen molar-refractivity contribution in [1.29, 1.82) is 0 Å². The number of fused-ring (bicyclic) bond motifs is 1. The van der Waals surface area contributed by atoms with Crippen LogP contribution < -0.4 is 10.6 Å². The van der Waals surface area contributed by atoms with Gasteiger partial charge in [-0.05, 0) is 44.0 Å². The summed E-state index contributed by atoms with van der Waals surface area (Å²) in [6.45, 7) is 6.39. The molecule has 1 aromatic heterocycles. The molecule has 0 unspecified atom stereocenters. The zero-order chi connectivity index (χ0) is 22.1. The summed E-state index contributed by atoms with van der Waals surface area (Å²) in [7, 11) is 0. The summed E-state index contributed by atoms with van der Waals surface area (Å²) in [5, 5.41) is 5.90. The summed E-state index contributed by atoms with van der Waals surface area (Å²) in [6, 6.07) is 15.3. The van der Waals surface area contributed by atoms with Gasteiger partial charge in [-0.1, -0.05) is 30.3 Å². The molecule has 2 aromatic carbocycles. The third-order valence-corrected chi connectivity index (χ3v) is 5.05. The first-order valence-corrected chi connectivity index (χ1v) is 10.7. The molecule has 2 N–H and O–H groups in total. The number of rotatable bonds is 11. The Hall–Kier alpha value is -3.19. The predicted molar refractivity (Wildman–Crippen MR) is 121 cm³/mol. The van der Waals surface area contributed by atoms with Gasteiger partial charge < -0.3 is 19.9 Å². The number of aromatic nitrogens is 2. The van der Waals surface area contributed by atoms with Crippen LogP contribution in [0.4, 0.5) is 0 Å². The van der Waals surface area contributed by atoms with E-state index < -0.39 is 0 Å². The first kappa shape index (κ1) is 22.5. The molecule has 0 bridgehead atoms. The van der Waals surface area contributed by atoms with Crippen LogP contribution in [0.1, 0.15) is 35.1 Å². The lowest BCUT2D eigenvalue weighted by Gasteiger charge is -2.11. The van der Waals surface area contributed by atoms with Gasteiger partial charge in [0.25, 0.3) is 5.91 Å². The minimum Gasteiger partial charge on any atom is -0.382 e. The fourth-order valence-electron chi connectivity index (χ4n) is 3.45. The molecular weight excluding hydrogens is 392 g/mol. The van der Waals surface area contributed by atoms with Crippen LogP contribution in [0.25, 0.3) is 11.0 Å². The maximum absolute atomic E-state index is 12.5. The molecule has 3 rings (SSSR count). The molecule has 7 nitrogen and oxygen atoms in total. The van der Waals surface area contributed by atoms with Crippen molar-refractivity contribution in [3.63, 3.8) is 0 Å². The highest BCUT2D eigenvalue weighted by molar-refractivity contribution is 5.95. The molecule has 2 amide bonds.